The normalized spacial score (nSPS) is 23.9. The third-order valence-corrected chi connectivity index (χ3v) is 6.03. The number of benzene rings is 1. The van der Waals surface area contributed by atoms with Crippen LogP contribution in [0.4, 0.5) is 11.4 Å². The van der Waals surface area contributed by atoms with E-state index in [0.717, 1.165) is 18.8 Å². The van der Waals surface area contributed by atoms with Gasteiger partial charge in [0.05, 0.1) is 6.54 Å². The molecule has 1 aliphatic heterocycles. The molecule has 0 aromatic heterocycles. The highest BCUT2D eigenvalue weighted by molar-refractivity contribution is 5.92. The molecule has 1 aromatic carbocycles. The molecule has 2 N–H and O–H groups in total. The number of anilines is 2. The summed E-state index contributed by atoms with van der Waals surface area (Å²) in [6.07, 6.45) is 7.59. The van der Waals surface area contributed by atoms with Crippen LogP contribution in [0.1, 0.15) is 59.3 Å². The van der Waals surface area contributed by atoms with Crippen LogP contribution in [0, 0.1) is 11.3 Å². The van der Waals surface area contributed by atoms with E-state index in [1.54, 1.807) is 0 Å². The number of nitrogens with one attached hydrogen (secondary N) is 2. The lowest BCUT2D eigenvalue weighted by Gasteiger charge is -2.40. The van der Waals surface area contributed by atoms with Gasteiger partial charge in [-0.15, -0.1) is 0 Å². The van der Waals surface area contributed by atoms with Crippen molar-refractivity contribution >= 4 is 17.3 Å². The molecular formula is C22H35N3O. The lowest BCUT2D eigenvalue weighted by Crippen LogP contribution is -2.46. The van der Waals surface area contributed by atoms with Crippen molar-refractivity contribution in [2.75, 3.05) is 29.9 Å². The number of nitrogens with zero attached hydrogens (tertiary/aromatic N) is 1. The van der Waals surface area contributed by atoms with Gasteiger partial charge in [-0.2, -0.15) is 0 Å². The zero-order valence-electron chi connectivity index (χ0n) is 16.7. The van der Waals surface area contributed by atoms with Gasteiger partial charge in [0.2, 0.25) is 5.91 Å². The Labute approximate surface area is 158 Å². The molecule has 1 aliphatic carbocycles. The Hall–Kier alpha value is -1.55. The molecule has 4 nitrogen and oxygen atoms in total. The minimum Gasteiger partial charge on any atom is -0.372 e. The van der Waals surface area contributed by atoms with E-state index in [9.17, 15) is 4.79 Å². The fraction of sp³-hybridized carbons (Fsp3) is 0.682. The van der Waals surface area contributed by atoms with E-state index in [1.165, 1.54) is 44.2 Å². The molecule has 0 spiro atoms. The summed E-state index contributed by atoms with van der Waals surface area (Å²) in [7, 11) is 0. The van der Waals surface area contributed by atoms with Crippen LogP contribution in [-0.4, -0.2) is 31.6 Å². The van der Waals surface area contributed by atoms with Crippen molar-refractivity contribution in [3.8, 4) is 0 Å². The number of amides is 1. The monoisotopic (exact) mass is 357 g/mol. The second kappa shape index (κ2) is 8.43. The molecule has 4 heteroatoms. The highest BCUT2D eigenvalue weighted by Gasteiger charge is 2.33. The molecule has 2 atom stereocenters. The highest BCUT2D eigenvalue weighted by Crippen LogP contribution is 2.37. The van der Waals surface area contributed by atoms with Gasteiger partial charge in [-0.1, -0.05) is 33.6 Å². The topological polar surface area (TPSA) is 44.4 Å². The maximum atomic E-state index is 12.4. The van der Waals surface area contributed by atoms with E-state index in [0.29, 0.717) is 23.9 Å². The van der Waals surface area contributed by atoms with E-state index in [4.69, 9.17) is 0 Å². The van der Waals surface area contributed by atoms with Crippen molar-refractivity contribution in [2.24, 2.45) is 11.3 Å². The van der Waals surface area contributed by atoms with Gasteiger partial charge in [0.15, 0.2) is 0 Å². The summed E-state index contributed by atoms with van der Waals surface area (Å²) in [6.45, 7) is 9.64. The van der Waals surface area contributed by atoms with Crippen LogP contribution in [-0.2, 0) is 4.79 Å². The third kappa shape index (κ3) is 5.00. The third-order valence-electron chi connectivity index (χ3n) is 6.03. The van der Waals surface area contributed by atoms with Crippen LogP contribution in [0.25, 0.3) is 0 Å². The first-order chi connectivity index (χ1) is 12.4. The number of hydrogen-bond donors (Lipinski definition) is 2. The van der Waals surface area contributed by atoms with E-state index in [2.05, 4.69) is 48.4 Å². The van der Waals surface area contributed by atoms with Crippen molar-refractivity contribution in [1.82, 2.24) is 5.32 Å². The van der Waals surface area contributed by atoms with Crippen molar-refractivity contribution in [1.29, 1.82) is 0 Å². The van der Waals surface area contributed by atoms with E-state index in [1.807, 2.05) is 12.1 Å². The molecule has 3 rings (SSSR count). The van der Waals surface area contributed by atoms with Gasteiger partial charge in [-0.3, -0.25) is 4.79 Å². The zero-order chi connectivity index (χ0) is 18.6. The SMILES string of the molecule is CC(C)(C)C1CCCCC1NCC(=O)Nc1ccc(N2CCCC2)cc1. The molecule has 0 radical (unpaired) electrons. The minimum atomic E-state index is 0.0529. The number of hydrogen-bond acceptors (Lipinski definition) is 3. The Morgan fingerprint density at radius 3 is 2.35 bits per heavy atom. The smallest absolute Gasteiger partial charge is 0.238 e. The Morgan fingerprint density at radius 1 is 1.04 bits per heavy atom. The summed E-state index contributed by atoms with van der Waals surface area (Å²) in [5.41, 5.74) is 2.43. The molecule has 2 aliphatic rings. The fourth-order valence-corrected chi connectivity index (χ4v) is 4.57. The second-order valence-electron chi connectivity index (χ2n) is 9.03. The number of carbonyl (C=O) groups is 1. The summed E-state index contributed by atoms with van der Waals surface area (Å²) in [4.78, 5) is 14.8. The molecule has 1 heterocycles. The van der Waals surface area contributed by atoms with Gasteiger partial charge >= 0.3 is 0 Å². The first-order valence-electron chi connectivity index (χ1n) is 10.3. The van der Waals surface area contributed by atoms with Crippen molar-refractivity contribution in [3.05, 3.63) is 24.3 Å². The molecule has 1 saturated heterocycles. The van der Waals surface area contributed by atoms with Crippen LogP contribution in [0.15, 0.2) is 24.3 Å². The first kappa shape index (κ1) is 19.2. The maximum absolute atomic E-state index is 12.4. The molecule has 2 fully saturated rings. The van der Waals surface area contributed by atoms with E-state index >= 15 is 0 Å². The lowest BCUT2D eigenvalue weighted by molar-refractivity contribution is -0.115. The average molecular weight is 358 g/mol. The summed E-state index contributed by atoms with van der Waals surface area (Å²) >= 11 is 0. The van der Waals surface area contributed by atoms with Gasteiger partial charge in [0.25, 0.3) is 0 Å². The fourth-order valence-electron chi connectivity index (χ4n) is 4.57. The maximum Gasteiger partial charge on any atom is 0.238 e. The van der Waals surface area contributed by atoms with Crippen LogP contribution in [0.2, 0.25) is 0 Å². The average Bonchev–Trinajstić information content (AvgIpc) is 3.15. The van der Waals surface area contributed by atoms with Gasteiger partial charge in [0, 0.05) is 30.5 Å². The Kier molecular flexibility index (Phi) is 6.23. The standard InChI is InChI=1S/C22H35N3O/c1-22(2,3)19-8-4-5-9-20(19)23-16-21(26)24-17-10-12-18(13-11-17)25-14-6-7-15-25/h10-13,19-20,23H,4-9,14-16H2,1-3H3,(H,24,26). The summed E-state index contributed by atoms with van der Waals surface area (Å²) in [5, 5.41) is 6.57. The molecule has 26 heavy (non-hydrogen) atoms. The van der Waals surface area contributed by atoms with Gasteiger partial charge in [-0.05, 0) is 61.3 Å². The van der Waals surface area contributed by atoms with Crippen molar-refractivity contribution in [2.45, 2.75) is 65.3 Å². The predicted molar refractivity (Wildman–Crippen MR) is 110 cm³/mol. The molecule has 144 valence electrons. The van der Waals surface area contributed by atoms with Crippen LogP contribution in [0.3, 0.4) is 0 Å². The van der Waals surface area contributed by atoms with Crippen molar-refractivity contribution < 1.29 is 4.79 Å². The van der Waals surface area contributed by atoms with Gasteiger partial charge in [0.1, 0.15) is 0 Å². The van der Waals surface area contributed by atoms with Gasteiger partial charge in [-0.25, -0.2) is 0 Å². The van der Waals surface area contributed by atoms with Gasteiger partial charge < -0.3 is 15.5 Å². The quantitative estimate of drug-likeness (QED) is 0.820. The second-order valence-corrected chi connectivity index (χ2v) is 9.03. The number of rotatable bonds is 5. The summed E-state index contributed by atoms with van der Waals surface area (Å²) in [6, 6.07) is 8.72. The van der Waals surface area contributed by atoms with Crippen molar-refractivity contribution in [3.63, 3.8) is 0 Å². The number of carbonyl (C=O) groups excluding carboxylic acids is 1. The first-order valence-corrected chi connectivity index (χ1v) is 10.3. The largest absolute Gasteiger partial charge is 0.372 e. The van der Waals surface area contributed by atoms with Crippen LogP contribution < -0.4 is 15.5 Å². The molecule has 1 aromatic rings. The molecule has 1 amide bonds. The van der Waals surface area contributed by atoms with Crippen LogP contribution >= 0.6 is 0 Å². The minimum absolute atomic E-state index is 0.0529. The molecule has 2 unspecified atom stereocenters. The molecule has 1 saturated carbocycles. The molecule has 0 bridgehead atoms. The van der Waals surface area contributed by atoms with E-state index < -0.39 is 0 Å². The Bertz CT molecular complexity index is 584. The zero-order valence-corrected chi connectivity index (χ0v) is 16.7. The molecular weight excluding hydrogens is 322 g/mol. The Balaban J connectivity index is 1.49. The summed E-state index contributed by atoms with van der Waals surface area (Å²) in [5.74, 6) is 0.695. The highest BCUT2D eigenvalue weighted by atomic mass is 16.1. The lowest BCUT2D eigenvalue weighted by atomic mass is 9.69. The van der Waals surface area contributed by atoms with E-state index in [-0.39, 0.29) is 5.91 Å². The summed E-state index contributed by atoms with van der Waals surface area (Å²) < 4.78 is 0. The Morgan fingerprint density at radius 2 is 1.69 bits per heavy atom. The van der Waals surface area contributed by atoms with Crippen LogP contribution in [0.5, 0.6) is 0 Å². The predicted octanol–water partition coefficient (Wildman–Crippen LogP) is 4.42.